The number of benzene rings is 1. The van der Waals surface area contributed by atoms with Gasteiger partial charge >= 0.3 is 0 Å². The molecule has 1 heterocycles. The molecule has 1 aromatic carbocycles. The van der Waals surface area contributed by atoms with Crippen molar-refractivity contribution >= 4 is 13.2 Å². The number of para-hydroxylation sites is 1. The largest absolute Gasteiger partial charge is 0.369 e. The third-order valence-electron chi connectivity index (χ3n) is 3.26. The highest BCUT2D eigenvalue weighted by Crippen LogP contribution is 2.47. The van der Waals surface area contributed by atoms with Crippen LogP contribution in [0.25, 0.3) is 0 Å². The highest BCUT2D eigenvalue weighted by molar-refractivity contribution is 7.55. The molecule has 1 fully saturated rings. The summed E-state index contributed by atoms with van der Waals surface area (Å²) in [4.78, 5) is 2.32. The van der Waals surface area contributed by atoms with E-state index in [1.165, 1.54) is 5.69 Å². The Morgan fingerprint density at radius 2 is 1.78 bits per heavy atom. The third-order valence-corrected chi connectivity index (χ3v) is 5.42. The van der Waals surface area contributed by atoms with Crippen LogP contribution in [0.15, 0.2) is 30.3 Å². The van der Waals surface area contributed by atoms with Crippen molar-refractivity contribution in [3.05, 3.63) is 30.3 Å². The minimum Gasteiger partial charge on any atom is -0.369 e. The minimum absolute atomic E-state index is 0.507. The molecule has 0 aromatic heterocycles. The van der Waals surface area contributed by atoms with Gasteiger partial charge in [-0.25, -0.2) is 4.67 Å². The summed E-state index contributed by atoms with van der Waals surface area (Å²) in [5.74, 6) is 0. The fourth-order valence-electron chi connectivity index (χ4n) is 2.28. The second kappa shape index (κ2) is 5.87. The van der Waals surface area contributed by atoms with Gasteiger partial charge in [-0.1, -0.05) is 18.2 Å². The number of rotatable bonds is 4. The van der Waals surface area contributed by atoms with E-state index < -0.39 is 7.52 Å². The Kier molecular flexibility index (Phi) is 4.44. The SMILES string of the molecule is CCOP(C)(=O)N1CCN(c2ccccc2)CC1. The summed E-state index contributed by atoms with van der Waals surface area (Å²) in [5, 5.41) is 0. The summed E-state index contributed by atoms with van der Waals surface area (Å²) in [6, 6.07) is 10.3. The first-order valence-electron chi connectivity index (χ1n) is 6.41. The zero-order valence-corrected chi connectivity index (χ0v) is 12.0. The molecule has 0 spiro atoms. The number of hydrogen-bond acceptors (Lipinski definition) is 3. The van der Waals surface area contributed by atoms with Gasteiger partial charge in [-0.05, 0) is 19.1 Å². The van der Waals surface area contributed by atoms with Crippen LogP contribution >= 0.6 is 7.52 Å². The fourth-order valence-corrected chi connectivity index (χ4v) is 3.83. The quantitative estimate of drug-likeness (QED) is 0.786. The van der Waals surface area contributed by atoms with Gasteiger partial charge in [-0.3, -0.25) is 4.57 Å². The standard InChI is InChI=1S/C13H21N2O2P/c1-3-17-18(2,16)15-11-9-14(10-12-15)13-7-5-4-6-8-13/h4-8H,3,9-12H2,1-2H3. The first-order chi connectivity index (χ1) is 8.63. The topological polar surface area (TPSA) is 32.8 Å². The van der Waals surface area contributed by atoms with E-state index in [9.17, 15) is 4.57 Å². The lowest BCUT2D eigenvalue weighted by molar-refractivity contribution is 0.268. The van der Waals surface area contributed by atoms with E-state index in [2.05, 4.69) is 17.0 Å². The summed E-state index contributed by atoms with van der Waals surface area (Å²) in [7, 11) is -2.58. The van der Waals surface area contributed by atoms with Gasteiger partial charge in [0.05, 0.1) is 6.61 Å². The van der Waals surface area contributed by atoms with E-state index in [4.69, 9.17) is 4.52 Å². The Morgan fingerprint density at radius 3 is 2.33 bits per heavy atom. The van der Waals surface area contributed by atoms with E-state index >= 15 is 0 Å². The first kappa shape index (κ1) is 13.6. The summed E-state index contributed by atoms with van der Waals surface area (Å²) < 4.78 is 19.7. The van der Waals surface area contributed by atoms with Crippen LogP contribution in [0.4, 0.5) is 5.69 Å². The smallest absolute Gasteiger partial charge is 0.269 e. The molecule has 0 radical (unpaired) electrons. The Morgan fingerprint density at radius 1 is 1.17 bits per heavy atom. The molecule has 1 aliphatic heterocycles. The predicted octanol–water partition coefficient (Wildman–Crippen LogP) is 2.67. The van der Waals surface area contributed by atoms with Crippen LogP contribution in [0.5, 0.6) is 0 Å². The molecule has 2 rings (SSSR count). The van der Waals surface area contributed by atoms with Crippen molar-refractivity contribution in [3.63, 3.8) is 0 Å². The lowest BCUT2D eigenvalue weighted by atomic mass is 10.2. The molecule has 0 N–H and O–H groups in total. The molecule has 1 atom stereocenters. The Hall–Kier alpha value is -0.830. The van der Waals surface area contributed by atoms with Gasteiger partial charge in [-0.15, -0.1) is 0 Å². The predicted molar refractivity (Wildman–Crippen MR) is 75.4 cm³/mol. The Labute approximate surface area is 109 Å². The molecular formula is C13H21N2O2P. The maximum absolute atomic E-state index is 12.3. The van der Waals surface area contributed by atoms with Gasteiger partial charge < -0.3 is 9.42 Å². The normalized spacial score (nSPS) is 20.7. The highest BCUT2D eigenvalue weighted by atomic mass is 31.2. The first-order valence-corrected chi connectivity index (χ1v) is 8.43. The Bertz CT molecular complexity index is 416. The van der Waals surface area contributed by atoms with E-state index in [0.717, 1.165) is 26.2 Å². The van der Waals surface area contributed by atoms with Crippen molar-refractivity contribution in [2.75, 3.05) is 44.4 Å². The lowest BCUT2D eigenvalue weighted by Crippen LogP contribution is -2.44. The van der Waals surface area contributed by atoms with Crippen LogP contribution in [-0.2, 0) is 9.09 Å². The van der Waals surface area contributed by atoms with Gasteiger partial charge in [0.2, 0.25) is 0 Å². The molecule has 1 aromatic rings. The Balaban J connectivity index is 1.94. The van der Waals surface area contributed by atoms with Crippen LogP contribution in [0.2, 0.25) is 0 Å². The summed E-state index contributed by atoms with van der Waals surface area (Å²) >= 11 is 0. The van der Waals surface area contributed by atoms with Crippen molar-refractivity contribution in [2.24, 2.45) is 0 Å². The monoisotopic (exact) mass is 268 g/mol. The molecule has 0 aliphatic carbocycles. The van der Waals surface area contributed by atoms with Gasteiger partial charge in [-0.2, -0.15) is 0 Å². The molecular weight excluding hydrogens is 247 g/mol. The number of piperazine rings is 1. The molecule has 0 amide bonds. The molecule has 0 bridgehead atoms. The molecule has 4 nitrogen and oxygen atoms in total. The van der Waals surface area contributed by atoms with Gasteiger partial charge in [0.15, 0.2) is 0 Å². The number of nitrogens with zero attached hydrogens (tertiary/aromatic N) is 2. The zero-order valence-electron chi connectivity index (χ0n) is 11.1. The molecule has 1 saturated heterocycles. The molecule has 5 heteroatoms. The summed E-state index contributed by atoms with van der Waals surface area (Å²) in [6.45, 7) is 7.49. The van der Waals surface area contributed by atoms with Gasteiger partial charge in [0.25, 0.3) is 7.52 Å². The van der Waals surface area contributed by atoms with Crippen molar-refractivity contribution < 1.29 is 9.09 Å². The van der Waals surface area contributed by atoms with Gasteiger partial charge in [0, 0.05) is 38.5 Å². The van der Waals surface area contributed by atoms with Crippen LogP contribution < -0.4 is 4.90 Å². The maximum Gasteiger partial charge on any atom is 0.269 e. The second-order valence-corrected chi connectivity index (χ2v) is 6.93. The van der Waals surface area contributed by atoms with Crippen LogP contribution in [0.3, 0.4) is 0 Å². The van der Waals surface area contributed by atoms with E-state index in [1.807, 2.05) is 29.8 Å². The van der Waals surface area contributed by atoms with Crippen LogP contribution in [0.1, 0.15) is 6.92 Å². The molecule has 0 saturated carbocycles. The summed E-state index contributed by atoms with van der Waals surface area (Å²) in [5.41, 5.74) is 1.24. The zero-order chi connectivity index (χ0) is 13.0. The third kappa shape index (κ3) is 3.14. The molecule has 100 valence electrons. The maximum atomic E-state index is 12.3. The molecule has 1 unspecified atom stereocenters. The minimum atomic E-state index is -2.58. The average Bonchev–Trinajstić information content (AvgIpc) is 2.40. The van der Waals surface area contributed by atoms with Gasteiger partial charge in [0.1, 0.15) is 0 Å². The summed E-state index contributed by atoms with van der Waals surface area (Å²) in [6.07, 6.45) is 0. The van der Waals surface area contributed by atoms with Crippen LogP contribution in [-0.4, -0.2) is 44.1 Å². The van der Waals surface area contributed by atoms with E-state index in [-0.39, 0.29) is 0 Å². The fraction of sp³-hybridized carbons (Fsp3) is 0.538. The highest BCUT2D eigenvalue weighted by Gasteiger charge is 2.29. The lowest BCUT2D eigenvalue weighted by Gasteiger charge is -2.38. The van der Waals surface area contributed by atoms with Crippen LogP contribution in [0, 0.1) is 0 Å². The number of anilines is 1. The van der Waals surface area contributed by atoms with Crippen molar-refractivity contribution in [2.45, 2.75) is 6.92 Å². The van der Waals surface area contributed by atoms with Crippen molar-refractivity contribution in [1.29, 1.82) is 0 Å². The average molecular weight is 268 g/mol. The van der Waals surface area contributed by atoms with E-state index in [0.29, 0.717) is 6.61 Å². The second-order valence-electron chi connectivity index (χ2n) is 4.50. The van der Waals surface area contributed by atoms with Crippen molar-refractivity contribution in [3.8, 4) is 0 Å². The van der Waals surface area contributed by atoms with Crippen molar-refractivity contribution in [1.82, 2.24) is 4.67 Å². The molecule has 18 heavy (non-hydrogen) atoms. The number of hydrogen-bond donors (Lipinski definition) is 0. The molecule has 1 aliphatic rings. The van der Waals surface area contributed by atoms with E-state index in [1.54, 1.807) is 6.66 Å².